The van der Waals surface area contributed by atoms with Crippen molar-refractivity contribution in [3.8, 4) is 5.75 Å². The standard InChI is InChI=1S/C18H25N3O2/c1-18(22,14-6-8-16(23-3)9-7-14)17-5-4-12-21(17)13-15-10-11-19-20(15)2/h6-11,17,22H,4-5,12-13H2,1-3H3/t17-,18-/m1/s1. The molecule has 23 heavy (non-hydrogen) atoms. The summed E-state index contributed by atoms with van der Waals surface area (Å²) in [6.07, 6.45) is 3.92. The Bertz CT molecular complexity index is 649. The summed E-state index contributed by atoms with van der Waals surface area (Å²) in [6.45, 7) is 3.73. The summed E-state index contributed by atoms with van der Waals surface area (Å²) >= 11 is 0. The van der Waals surface area contributed by atoms with E-state index in [-0.39, 0.29) is 6.04 Å². The first-order chi connectivity index (χ1) is 11.0. The summed E-state index contributed by atoms with van der Waals surface area (Å²) in [4.78, 5) is 2.36. The van der Waals surface area contributed by atoms with Crippen LogP contribution in [0, 0.1) is 0 Å². The number of likely N-dealkylation sites (tertiary alicyclic amines) is 1. The van der Waals surface area contributed by atoms with Crippen LogP contribution < -0.4 is 4.74 Å². The third-order valence-corrected chi connectivity index (χ3v) is 4.97. The molecule has 0 bridgehead atoms. The van der Waals surface area contributed by atoms with Gasteiger partial charge in [0.1, 0.15) is 11.4 Å². The zero-order valence-corrected chi connectivity index (χ0v) is 14.1. The van der Waals surface area contributed by atoms with Crippen molar-refractivity contribution in [2.45, 2.75) is 38.0 Å². The first-order valence-corrected chi connectivity index (χ1v) is 8.10. The van der Waals surface area contributed by atoms with E-state index in [4.69, 9.17) is 4.74 Å². The normalized spacial score (nSPS) is 21.3. The minimum Gasteiger partial charge on any atom is -0.497 e. The highest BCUT2D eigenvalue weighted by Gasteiger charge is 2.40. The molecule has 2 heterocycles. The maximum absolute atomic E-state index is 11.2. The van der Waals surface area contributed by atoms with Gasteiger partial charge in [0.25, 0.3) is 0 Å². The molecule has 5 heteroatoms. The lowest BCUT2D eigenvalue weighted by molar-refractivity contribution is -0.0260. The zero-order chi connectivity index (χ0) is 16.4. The lowest BCUT2D eigenvalue weighted by Gasteiger charge is -2.37. The maximum Gasteiger partial charge on any atom is 0.118 e. The predicted molar refractivity (Wildman–Crippen MR) is 89.2 cm³/mol. The summed E-state index contributed by atoms with van der Waals surface area (Å²) < 4.78 is 7.11. The maximum atomic E-state index is 11.2. The molecule has 2 atom stereocenters. The predicted octanol–water partition coefficient (Wildman–Crippen LogP) is 2.30. The number of nitrogens with zero attached hydrogens (tertiary/aromatic N) is 3. The van der Waals surface area contributed by atoms with Crippen molar-refractivity contribution in [1.29, 1.82) is 0 Å². The van der Waals surface area contributed by atoms with E-state index in [1.165, 1.54) is 5.69 Å². The van der Waals surface area contributed by atoms with Gasteiger partial charge in [-0.3, -0.25) is 9.58 Å². The van der Waals surface area contributed by atoms with Gasteiger partial charge >= 0.3 is 0 Å². The van der Waals surface area contributed by atoms with E-state index < -0.39 is 5.60 Å². The fraction of sp³-hybridized carbons (Fsp3) is 0.500. The van der Waals surface area contributed by atoms with Gasteiger partial charge in [0.05, 0.1) is 12.8 Å². The number of hydrogen-bond acceptors (Lipinski definition) is 4. The van der Waals surface area contributed by atoms with Crippen molar-refractivity contribution in [2.24, 2.45) is 7.05 Å². The summed E-state index contributed by atoms with van der Waals surface area (Å²) in [6, 6.07) is 9.87. The van der Waals surface area contributed by atoms with Crippen LogP contribution in [0.2, 0.25) is 0 Å². The molecule has 0 aliphatic carbocycles. The molecule has 0 amide bonds. The number of aliphatic hydroxyl groups is 1. The fourth-order valence-electron chi connectivity index (χ4n) is 3.54. The molecule has 1 N–H and O–H groups in total. The van der Waals surface area contributed by atoms with Crippen molar-refractivity contribution < 1.29 is 9.84 Å². The summed E-state index contributed by atoms with van der Waals surface area (Å²) in [5, 5.41) is 15.4. The Labute approximate surface area is 137 Å². The molecule has 5 nitrogen and oxygen atoms in total. The van der Waals surface area contributed by atoms with E-state index in [1.807, 2.05) is 55.2 Å². The van der Waals surface area contributed by atoms with Crippen molar-refractivity contribution in [1.82, 2.24) is 14.7 Å². The van der Waals surface area contributed by atoms with Crippen LogP contribution in [0.1, 0.15) is 31.0 Å². The molecule has 3 rings (SSSR count). The second-order valence-electron chi connectivity index (χ2n) is 6.45. The zero-order valence-electron chi connectivity index (χ0n) is 14.1. The van der Waals surface area contributed by atoms with Gasteiger partial charge < -0.3 is 9.84 Å². The van der Waals surface area contributed by atoms with Crippen LogP contribution in [0.5, 0.6) is 5.75 Å². The molecule has 1 aliphatic rings. The van der Waals surface area contributed by atoms with Crippen molar-refractivity contribution in [2.75, 3.05) is 13.7 Å². The molecular formula is C18H25N3O2. The second-order valence-corrected chi connectivity index (χ2v) is 6.45. The van der Waals surface area contributed by atoms with E-state index in [0.717, 1.165) is 37.2 Å². The van der Waals surface area contributed by atoms with Gasteiger partial charge in [-0.05, 0) is 50.1 Å². The molecule has 2 aromatic rings. The number of ether oxygens (including phenoxy) is 1. The van der Waals surface area contributed by atoms with E-state index in [1.54, 1.807) is 7.11 Å². The fourth-order valence-corrected chi connectivity index (χ4v) is 3.54. The quantitative estimate of drug-likeness (QED) is 0.920. The van der Waals surface area contributed by atoms with Crippen LogP contribution in [0.15, 0.2) is 36.5 Å². The highest BCUT2D eigenvalue weighted by Crippen LogP contribution is 2.36. The van der Waals surface area contributed by atoms with Gasteiger partial charge in [-0.2, -0.15) is 5.10 Å². The van der Waals surface area contributed by atoms with E-state index in [0.29, 0.717) is 0 Å². The summed E-state index contributed by atoms with van der Waals surface area (Å²) in [5.41, 5.74) is 1.21. The number of benzene rings is 1. The second kappa shape index (κ2) is 6.34. The number of rotatable bonds is 5. The summed E-state index contributed by atoms with van der Waals surface area (Å²) in [5.74, 6) is 0.808. The van der Waals surface area contributed by atoms with Crippen molar-refractivity contribution >= 4 is 0 Å². The van der Waals surface area contributed by atoms with Gasteiger partial charge in [0, 0.05) is 25.8 Å². The van der Waals surface area contributed by atoms with Crippen LogP contribution in [0.25, 0.3) is 0 Å². The Morgan fingerprint density at radius 1 is 1.30 bits per heavy atom. The first kappa shape index (κ1) is 16.0. The van der Waals surface area contributed by atoms with Gasteiger partial charge in [0.2, 0.25) is 0 Å². The Kier molecular flexibility index (Phi) is 4.41. The Morgan fingerprint density at radius 3 is 2.65 bits per heavy atom. The SMILES string of the molecule is COc1ccc([C@@](C)(O)[C@H]2CCCN2Cc2ccnn2C)cc1. The molecule has 0 unspecified atom stereocenters. The van der Waals surface area contributed by atoms with Gasteiger partial charge in [-0.15, -0.1) is 0 Å². The number of hydrogen-bond donors (Lipinski definition) is 1. The highest BCUT2D eigenvalue weighted by molar-refractivity contribution is 5.31. The smallest absolute Gasteiger partial charge is 0.118 e. The van der Waals surface area contributed by atoms with Crippen molar-refractivity contribution in [3.05, 3.63) is 47.8 Å². The monoisotopic (exact) mass is 315 g/mol. The van der Waals surface area contributed by atoms with Crippen LogP contribution in [-0.4, -0.2) is 39.5 Å². The van der Waals surface area contributed by atoms with Crippen LogP contribution in [0.4, 0.5) is 0 Å². The summed E-state index contributed by atoms with van der Waals surface area (Å²) in [7, 11) is 3.61. The highest BCUT2D eigenvalue weighted by atomic mass is 16.5. The third-order valence-electron chi connectivity index (χ3n) is 4.97. The van der Waals surface area contributed by atoms with Crippen molar-refractivity contribution in [3.63, 3.8) is 0 Å². The van der Waals surface area contributed by atoms with Gasteiger partial charge in [-0.1, -0.05) is 12.1 Å². The molecule has 0 radical (unpaired) electrons. The Hall–Kier alpha value is -1.85. The molecule has 1 aliphatic heterocycles. The Morgan fingerprint density at radius 2 is 2.04 bits per heavy atom. The lowest BCUT2D eigenvalue weighted by atomic mass is 9.86. The number of aryl methyl sites for hydroxylation is 1. The third kappa shape index (κ3) is 3.12. The topological polar surface area (TPSA) is 50.5 Å². The largest absolute Gasteiger partial charge is 0.497 e. The minimum absolute atomic E-state index is 0.103. The van der Waals surface area contributed by atoms with Crippen LogP contribution >= 0.6 is 0 Å². The molecule has 1 aromatic carbocycles. The van der Waals surface area contributed by atoms with Crippen LogP contribution in [0.3, 0.4) is 0 Å². The number of methoxy groups -OCH3 is 1. The molecule has 0 spiro atoms. The first-order valence-electron chi connectivity index (χ1n) is 8.10. The average Bonchev–Trinajstić information content (AvgIpc) is 3.18. The Balaban J connectivity index is 1.80. The van der Waals surface area contributed by atoms with Gasteiger partial charge in [-0.25, -0.2) is 0 Å². The molecule has 124 valence electrons. The van der Waals surface area contributed by atoms with E-state index >= 15 is 0 Å². The average molecular weight is 315 g/mol. The van der Waals surface area contributed by atoms with Crippen LogP contribution in [-0.2, 0) is 19.2 Å². The molecule has 1 saturated heterocycles. The number of aromatic nitrogens is 2. The molecule has 1 aromatic heterocycles. The van der Waals surface area contributed by atoms with E-state index in [9.17, 15) is 5.11 Å². The molecule has 0 saturated carbocycles. The molecule has 1 fully saturated rings. The minimum atomic E-state index is -0.888. The lowest BCUT2D eigenvalue weighted by Crippen LogP contribution is -2.45. The van der Waals surface area contributed by atoms with Gasteiger partial charge in [0.15, 0.2) is 0 Å². The molecular weight excluding hydrogens is 290 g/mol. The van der Waals surface area contributed by atoms with E-state index in [2.05, 4.69) is 10.00 Å².